The standard InChI is InChI=1S/C19H20ClN3O3S/c20-19-6-5-18(11-17(19)12-21)27(24,25)22-13-15-3-1-2-4-16(15)14-23-7-9-26-10-8-23/h1-6,11,22H,7-10,13-14H2. The van der Waals surface area contributed by atoms with Crippen LogP contribution in [0.4, 0.5) is 0 Å². The predicted octanol–water partition coefficient (Wildman–Crippen LogP) is 2.52. The van der Waals surface area contributed by atoms with E-state index in [1.807, 2.05) is 30.3 Å². The lowest BCUT2D eigenvalue weighted by molar-refractivity contribution is 0.0341. The SMILES string of the molecule is N#Cc1cc(S(=O)(=O)NCc2ccccc2CN2CCOCC2)ccc1Cl. The van der Waals surface area contributed by atoms with Crippen molar-refractivity contribution in [3.05, 3.63) is 64.2 Å². The maximum atomic E-state index is 12.6. The van der Waals surface area contributed by atoms with Crippen LogP contribution in [0.15, 0.2) is 47.4 Å². The topological polar surface area (TPSA) is 82.4 Å². The van der Waals surface area contributed by atoms with Gasteiger partial charge in [0.25, 0.3) is 0 Å². The molecular formula is C19H20ClN3O3S. The Morgan fingerprint density at radius 1 is 1.15 bits per heavy atom. The van der Waals surface area contributed by atoms with Crippen molar-refractivity contribution < 1.29 is 13.2 Å². The molecule has 0 aromatic heterocycles. The van der Waals surface area contributed by atoms with Gasteiger partial charge in [0.05, 0.1) is 28.7 Å². The minimum atomic E-state index is -3.75. The Kier molecular flexibility index (Phi) is 6.47. The number of nitrogens with one attached hydrogen (secondary N) is 1. The molecule has 1 saturated heterocycles. The van der Waals surface area contributed by atoms with E-state index in [1.165, 1.54) is 18.2 Å². The molecule has 0 unspecified atom stereocenters. The summed E-state index contributed by atoms with van der Waals surface area (Å²) in [5, 5.41) is 9.27. The lowest BCUT2D eigenvalue weighted by atomic mass is 10.1. The van der Waals surface area contributed by atoms with E-state index in [-0.39, 0.29) is 22.0 Å². The fraction of sp³-hybridized carbons (Fsp3) is 0.316. The molecule has 1 fully saturated rings. The number of nitrogens with zero attached hydrogens (tertiary/aromatic N) is 2. The maximum absolute atomic E-state index is 12.6. The Hall–Kier alpha value is -1.95. The Balaban J connectivity index is 1.73. The number of sulfonamides is 1. The van der Waals surface area contributed by atoms with E-state index in [0.717, 1.165) is 30.8 Å². The number of morpholine rings is 1. The van der Waals surface area contributed by atoms with Crippen LogP contribution in [0.5, 0.6) is 0 Å². The van der Waals surface area contributed by atoms with Crippen LogP contribution in [0.1, 0.15) is 16.7 Å². The van der Waals surface area contributed by atoms with E-state index in [9.17, 15) is 8.42 Å². The van der Waals surface area contributed by atoms with Crippen molar-refractivity contribution in [1.82, 2.24) is 9.62 Å². The minimum absolute atomic E-state index is 0.0223. The molecule has 1 aliphatic rings. The number of nitriles is 1. The summed E-state index contributed by atoms with van der Waals surface area (Å²) >= 11 is 5.88. The Bertz CT molecular complexity index is 951. The second-order valence-electron chi connectivity index (χ2n) is 6.24. The number of hydrogen-bond acceptors (Lipinski definition) is 5. The zero-order chi connectivity index (χ0) is 19.3. The fourth-order valence-corrected chi connectivity index (χ4v) is 4.09. The van der Waals surface area contributed by atoms with E-state index in [2.05, 4.69) is 9.62 Å². The highest BCUT2D eigenvalue weighted by Crippen LogP contribution is 2.20. The first kappa shape index (κ1) is 19.8. The Morgan fingerprint density at radius 3 is 2.56 bits per heavy atom. The van der Waals surface area contributed by atoms with Gasteiger partial charge in [-0.05, 0) is 29.3 Å². The van der Waals surface area contributed by atoms with Gasteiger partial charge in [-0.15, -0.1) is 0 Å². The molecule has 0 spiro atoms. The number of benzene rings is 2. The van der Waals surface area contributed by atoms with Crippen molar-refractivity contribution in [3.63, 3.8) is 0 Å². The van der Waals surface area contributed by atoms with Gasteiger partial charge in [0.1, 0.15) is 6.07 Å². The monoisotopic (exact) mass is 405 g/mol. The molecule has 8 heteroatoms. The molecule has 2 aromatic carbocycles. The third-order valence-electron chi connectivity index (χ3n) is 4.44. The first-order chi connectivity index (χ1) is 13.0. The van der Waals surface area contributed by atoms with Gasteiger partial charge in [-0.2, -0.15) is 5.26 Å². The van der Waals surface area contributed by atoms with Crippen LogP contribution in [0.25, 0.3) is 0 Å². The number of rotatable bonds is 6. The van der Waals surface area contributed by atoms with E-state index in [1.54, 1.807) is 0 Å². The molecule has 6 nitrogen and oxygen atoms in total. The van der Waals surface area contributed by atoms with Gasteiger partial charge in [-0.25, -0.2) is 13.1 Å². The average molecular weight is 406 g/mol. The highest BCUT2D eigenvalue weighted by atomic mass is 35.5. The number of halogens is 1. The van der Waals surface area contributed by atoms with E-state index < -0.39 is 10.0 Å². The molecule has 1 aliphatic heterocycles. The smallest absolute Gasteiger partial charge is 0.240 e. The molecule has 0 saturated carbocycles. The highest BCUT2D eigenvalue weighted by Gasteiger charge is 2.17. The molecule has 1 heterocycles. The third kappa shape index (κ3) is 5.06. The first-order valence-electron chi connectivity index (χ1n) is 8.56. The third-order valence-corrected chi connectivity index (χ3v) is 6.17. The zero-order valence-corrected chi connectivity index (χ0v) is 16.3. The van der Waals surface area contributed by atoms with Crippen molar-refractivity contribution >= 4 is 21.6 Å². The second-order valence-corrected chi connectivity index (χ2v) is 8.41. The molecule has 0 radical (unpaired) electrons. The van der Waals surface area contributed by atoms with Crippen molar-refractivity contribution in [3.8, 4) is 6.07 Å². The quantitative estimate of drug-likeness (QED) is 0.798. The summed E-state index contributed by atoms with van der Waals surface area (Å²) in [5.74, 6) is 0. The lowest BCUT2D eigenvalue weighted by Crippen LogP contribution is -2.36. The van der Waals surface area contributed by atoms with Crippen molar-refractivity contribution in [1.29, 1.82) is 5.26 Å². The van der Waals surface area contributed by atoms with Crippen LogP contribution < -0.4 is 4.72 Å². The molecular weight excluding hydrogens is 386 g/mol. The largest absolute Gasteiger partial charge is 0.379 e. The van der Waals surface area contributed by atoms with Crippen molar-refractivity contribution in [2.24, 2.45) is 0 Å². The van der Waals surface area contributed by atoms with Crippen LogP contribution in [-0.4, -0.2) is 39.6 Å². The molecule has 1 N–H and O–H groups in total. The summed E-state index contributed by atoms with van der Waals surface area (Å²) in [6.07, 6.45) is 0. The summed E-state index contributed by atoms with van der Waals surface area (Å²) < 4.78 is 33.2. The van der Waals surface area contributed by atoms with Gasteiger partial charge in [-0.3, -0.25) is 4.90 Å². The number of ether oxygens (including phenoxy) is 1. The van der Waals surface area contributed by atoms with Crippen LogP contribution in [-0.2, 0) is 27.8 Å². The Labute approximate surface area is 164 Å². The molecule has 0 amide bonds. The molecule has 0 bridgehead atoms. The van der Waals surface area contributed by atoms with E-state index in [0.29, 0.717) is 13.2 Å². The van der Waals surface area contributed by atoms with Crippen LogP contribution in [0.3, 0.4) is 0 Å². The van der Waals surface area contributed by atoms with Crippen molar-refractivity contribution in [2.75, 3.05) is 26.3 Å². The van der Waals surface area contributed by atoms with Gasteiger partial charge in [-0.1, -0.05) is 35.9 Å². The summed E-state index contributed by atoms with van der Waals surface area (Å²) in [6, 6.07) is 13.8. The lowest BCUT2D eigenvalue weighted by Gasteiger charge is -2.27. The fourth-order valence-electron chi connectivity index (χ4n) is 2.90. The Morgan fingerprint density at radius 2 is 1.85 bits per heavy atom. The number of hydrogen-bond donors (Lipinski definition) is 1. The summed E-state index contributed by atoms with van der Waals surface area (Å²) in [6.45, 7) is 4.08. The molecule has 142 valence electrons. The first-order valence-corrected chi connectivity index (χ1v) is 10.4. The van der Waals surface area contributed by atoms with E-state index >= 15 is 0 Å². The second kappa shape index (κ2) is 8.83. The molecule has 3 rings (SSSR count). The maximum Gasteiger partial charge on any atom is 0.240 e. The van der Waals surface area contributed by atoms with Gasteiger partial charge >= 0.3 is 0 Å². The summed E-state index contributed by atoms with van der Waals surface area (Å²) in [5.41, 5.74) is 2.13. The van der Waals surface area contributed by atoms with Gasteiger partial charge in [0.2, 0.25) is 10.0 Å². The van der Waals surface area contributed by atoms with Crippen LogP contribution in [0, 0.1) is 11.3 Å². The molecule has 0 aliphatic carbocycles. The van der Waals surface area contributed by atoms with Crippen molar-refractivity contribution in [2.45, 2.75) is 18.0 Å². The molecule has 2 aromatic rings. The van der Waals surface area contributed by atoms with Crippen LogP contribution in [0.2, 0.25) is 5.02 Å². The summed E-state index contributed by atoms with van der Waals surface area (Å²) in [4.78, 5) is 2.31. The molecule has 0 atom stereocenters. The molecule has 27 heavy (non-hydrogen) atoms. The normalized spacial score (nSPS) is 15.4. The minimum Gasteiger partial charge on any atom is -0.379 e. The average Bonchev–Trinajstić information content (AvgIpc) is 2.68. The van der Waals surface area contributed by atoms with E-state index in [4.69, 9.17) is 21.6 Å². The van der Waals surface area contributed by atoms with Crippen LogP contribution >= 0.6 is 11.6 Å². The van der Waals surface area contributed by atoms with Gasteiger partial charge < -0.3 is 4.74 Å². The van der Waals surface area contributed by atoms with Gasteiger partial charge in [0, 0.05) is 26.2 Å². The van der Waals surface area contributed by atoms with Gasteiger partial charge in [0.15, 0.2) is 0 Å². The zero-order valence-electron chi connectivity index (χ0n) is 14.7. The summed E-state index contributed by atoms with van der Waals surface area (Å²) in [7, 11) is -3.75. The predicted molar refractivity (Wildman–Crippen MR) is 103 cm³/mol. The highest BCUT2D eigenvalue weighted by molar-refractivity contribution is 7.89.